The van der Waals surface area contributed by atoms with E-state index in [1.165, 1.54) is 6.42 Å². The van der Waals surface area contributed by atoms with E-state index in [4.69, 9.17) is 10.3 Å². The largest absolute Gasteiger partial charge is 0.398 e. The molecular formula is C15H19N3O. The van der Waals surface area contributed by atoms with E-state index < -0.39 is 0 Å². The van der Waals surface area contributed by atoms with Gasteiger partial charge in [0.15, 0.2) is 5.82 Å². The van der Waals surface area contributed by atoms with Crippen molar-refractivity contribution in [2.24, 2.45) is 5.92 Å². The molecule has 2 unspecified atom stereocenters. The molecule has 0 amide bonds. The molecule has 2 atom stereocenters. The minimum Gasteiger partial charge on any atom is -0.398 e. The zero-order chi connectivity index (χ0) is 13.4. The summed E-state index contributed by atoms with van der Waals surface area (Å²) < 4.78 is 5.39. The van der Waals surface area contributed by atoms with Crippen molar-refractivity contribution in [1.29, 1.82) is 0 Å². The fourth-order valence-corrected chi connectivity index (χ4v) is 2.81. The summed E-state index contributed by atoms with van der Waals surface area (Å²) in [5.41, 5.74) is 8.63. The van der Waals surface area contributed by atoms with Crippen LogP contribution < -0.4 is 5.73 Å². The van der Waals surface area contributed by atoms with Crippen molar-refractivity contribution in [1.82, 2.24) is 10.1 Å². The Kier molecular flexibility index (Phi) is 3.01. The van der Waals surface area contributed by atoms with Gasteiger partial charge in [-0.05, 0) is 44.2 Å². The van der Waals surface area contributed by atoms with Crippen LogP contribution in [0.5, 0.6) is 0 Å². The van der Waals surface area contributed by atoms with Gasteiger partial charge in [0.2, 0.25) is 0 Å². The topological polar surface area (TPSA) is 64.9 Å². The molecule has 4 heteroatoms. The van der Waals surface area contributed by atoms with Gasteiger partial charge in [0.1, 0.15) is 0 Å². The number of rotatable bonds is 2. The average Bonchev–Trinajstić information content (AvgIpc) is 3.00. The molecule has 19 heavy (non-hydrogen) atoms. The Morgan fingerprint density at radius 1 is 1.32 bits per heavy atom. The number of benzene rings is 1. The molecule has 0 aliphatic heterocycles. The molecule has 0 spiro atoms. The number of aromatic nitrogens is 2. The molecule has 1 aliphatic carbocycles. The molecule has 0 radical (unpaired) electrons. The lowest BCUT2D eigenvalue weighted by atomic mass is 10.1. The molecule has 0 saturated heterocycles. The molecule has 1 aromatic heterocycles. The van der Waals surface area contributed by atoms with Crippen LogP contribution in [0.3, 0.4) is 0 Å². The van der Waals surface area contributed by atoms with E-state index in [9.17, 15) is 0 Å². The van der Waals surface area contributed by atoms with E-state index in [1.54, 1.807) is 0 Å². The van der Waals surface area contributed by atoms with E-state index in [2.05, 4.69) is 17.1 Å². The monoisotopic (exact) mass is 257 g/mol. The zero-order valence-corrected chi connectivity index (χ0v) is 11.4. The number of hydrogen-bond acceptors (Lipinski definition) is 4. The van der Waals surface area contributed by atoms with Crippen LogP contribution in [0, 0.1) is 12.8 Å². The SMILES string of the molecule is Cc1ccc(N)c(-c2nc(C3CCC(C)C3)no2)c1. The molecule has 1 aromatic carbocycles. The predicted octanol–water partition coefficient (Wildman–Crippen LogP) is 3.53. The zero-order valence-electron chi connectivity index (χ0n) is 11.4. The van der Waals surface area contributed by atoms with E-state index in [1.807, 2.05) is 25.1 Å². The van der Waals surface area contributed by atoms with Crippen LogP contribution in [-0.2, 0) is 0 Å². The maximum Gasteiger partial charge on any atom is 0.260 e. The van der Waals surface area contributed by atoms with Gasteiger partial charge in [-0.15, -0.1) is 0 Å². The van der Waals surface area contributed by atoms with Gasteiger partial charge in [-0.3, -0.25) is 0 Å². The van der Waals surface area contributed by atoms with Crippen LogP contribution in [0.15, 0.2) is 22.7 Å². The molecule has 1 heterocycles. The predicted molar refractivity (Wildman–Crippen MR) is 74.6 cm³/mol. The third-order valence-electron chi connectivity index (χ3n) is 3.94. The standard InChI is InChI=1S/C15H19N3O/c1-9-3-5-11(7-9)14-17-15(19-18-14)12-8-10(2)4-6-13(12)16/h4,6,8-9,11H,3,5,7,16H2,1-2H3. The van der Waals surface area contributed by atoms with Gasteiger partial charge < -0.3 is 10.3 Å². The van der Waals surface area contributed by atoms with Crippen LogP contribution in [-0.4, -0.2) is 10.1 Å². The highest BCUT2D eigenvalue weighted by Gasteiger charge is 2.27. The van der Waals surface area contributed by atoms with E-state index in [0.717, 1.165) is 35.7 Å². The van der Waals surface area contributed by atoms with Gasteiger partial charge >= 0.3 is 0 Å². The number of hydrogen-bond donors (Lipinski definition) is 1. The van der Waals surface area contributed by atoms with Crippen LogP contribution in [0.1, 0.15) is 43.5 Å². The van der Waals surface area contributed by atoms with Gasteiger partial charge in [-0.25, -0.2) is 0 Å². The summed E-state index contributed by atoms with van der Waals surface area (Å²) in [7, 11) is 0. The Morgan fingerprint density at radius 2 is 2.16 bits per heavy atom. The first-order chi connectivity index (χ1) is 9.13. The number of nitrogens with zero attached hydrogens (tertiary/aromatic N) is 2. The van der Waals surface area contributed by atoms with Crippen LogP contribution in [0.2, 0.25) is 0 Å². The first-order valence-electron chi connectivity index (χ1n) is 6.83. The minimum atomic E-state index is 0.443. The van der Waals surface area contributed by atoms with Crippen molar-refractivity contribution in [2.45, 2.75) is 39.0 Å². The molecule has 1 saturated carbocycles. The Bertz CT molecular complexity index is 591. The Hall–Kier alpha value is -1.84. The molecule has 3 rings (SSSR count). The smallest absolute Gasteiger partial charge is 0.260 e. The third kappa shape index (κ3) is 2.35. The number of anilines is 1. The summed E-state index contributed by atoms with van der Waals surface area (Å²) in [5, 5.41) is 4.14. The van der Waals surface area contributed by atoms with Crippen molar-refractivity contribution < 1.29 is 4.52 Å². The maximum atomic E-state index is 5.98. The molecular weight excluding hydrogens is 238 g/mol. The highest BCUT2D eigenvalue weighted by molar-refractivity contribution is 5.71. The quantitative estimate of drug-likeness (QED) is 0.836. The summed E-state index contributed by atoms with van der Waals surface area (Å²) in [6, 6.07) is 5.85. The molecule has 2 N–H and O–H groups in total. The normalized spacial score (nSPS) is 22.8. The molecule has 1 aliphatic rings. The molecule has 100 valence electrons. The van der Waals surface area contributed by atoms with Gasteiger partial charge in [0, 0.05) is 11.6 Å². The van der Waals surface area contributed by atoms with Crippen LogP contribution in [0.25, 0.3) is 11.5 Å². The van der Waals surface area contributed by atoms with Crippen molar-refractivity contribution in [3.05, 3.63) is 29.6 Å². The minimum absolute atomic E-state index is 0.443. The highest BCUT2D eigenvalue weighted by atomic mass is 16.5. The first kappa shape index (κ1) is 12.2. The van der Waals surface area contributed by atoms with Crippen molar-refractivity contribution in [3.63, 3.8) is 0 Å². The lowest BCUT2D eigenvalue weighted by Gasteiger charge is -2.02. The Balaban J connectivity index is 1.90. The maximum absolute atomic E-state index is 5.98. The van der Waals surface area contributed by atoms with Crippen molar-refractivity contribution in [2.75, 3.05) is 5.73 Å². The fourth-order valence-electron chi connectivity index (χ4n) is 2.81. The fraction of sp³-hybridized carbons (Fsp3) is 0.467. The summed E-state index contributed by atoms with van der Waals surface area (Å²) >= 11 is 0. The second kappa shape index (κ2) is 4.68. The third-order valence-corrected chi connectivity index (χ3v) is 3.94. The summed E-state index contributed by atoms with van der Waals surface area (Å²) in [4.78, 5) is 4.54. The summed E-state index contributed by atoms with van der Waals surface area (Å²) in [5.74, 6) is 2.57. The molecule has 0 bridgehead atoms. The van der Waals surface area contributed by atoms with E-state index in [-0.39, 0.29) is 0 Å². The van der Waals surface area contributed by atoms with Gasteiger partial charge in [0.25, 0.3) is 5.89 Å². The van der Waals surface area contributed by atoms with Gasteiger partial charge in [0.05, 0.1) is 5.56 Å². The Labute approximate surface area is 113 Å². The van der Waals surface area contributed by atoms with E-state index in [0.29, 0.717) is 17.5 Å². The van der Waals surface area contributed by atoms with Crippen LogP contribution >= 0.6 is 0 Å². The van der Waals surface area contributed by atoms with Crippen molar-refractivity contribution >= 4 is 5.69 Å². The second-order valence-electron chi connectivity index (χ2n) is 5.66. The van der Waals surface area contributed by atoms with Crippen molar-refractivity contribution in [3.8, 4) is 11.5 Å². The molecule has 4 nitrogen and oxygen atoms in total. The van der Waals surface area contributed by atoms with Crippen LogP contribution in [0.4, 0.5) is 5.69 Å². The summed E-state index contributed by atoms with van der Waals surface area (Å²) in [6.07, 6.45) is 3.56. The number of aryl methyl sites for hydroxylation is 1. The van der Waals surface area contributed by atoms with E-state index >= 15 is 0 Å². The van der Waals surface area contributed by atoms with Gasteiger partial charge in [-0.1, -0.05) is 23.7 Å². The average molecular weight is 257 g/mol. The van der Waals surface area contributed by atoms with Gasteiger partial charge in [-0.2, -0.15) is 4.98 Å². The Morgan fingerprint density at radius 3 is 2.89 bits per heavy atom. The lowest BCUT2D eigenvalue weighted by molar-refractivity contribution is 0.415. The highest BCUT2D eigenvalue weighted by Crippen LogP contribution is 2.37. The lowest BCUT2D eigenvalue weighted by Crippen LogP contribution is -1.96. The molecule has 2 aromatic rings. The molecule has 1 fully saturated rings. The first-order valence-corrected chi connectivity index (χ1v) is 6.83. The number of nitrogens with two attached hydrogens (primary N) is 1. The number of nitrogen functional groups attached to an aromatic ring is 1. The summed E-state index contributed by atoms with van der Waals surface area (Å²) in [6.45, 7) is 4.30. The second-order valence-corrected chi connectivity index (χ2v) is 5.66.